The summed E-state index contributed by atoms with van der Waals surface area (Å²) >= 11 is 0. The van der Waals surface area contributed by atoms with Crippen molar-refractivity contribution in [3.63, 3.8) is 0 Å². The molecule has 1 atom stereocenters. The molecule has 1 aromatic rings. The van der Waals surface area contributed by atoms with Crippen molar-refractivity contribution in [1.82, 2.24) is 5.32 Å². The lowest BCUT2D eigenvalue weighted by atomic mass is 9.70. The van der Waals surface area contributed by atoms with Gasteiger partial charge in [0.25, 0.3) is 0 Å². The molecule has 2 aliphatic rings. The number of esters is 1. The minimum Gasteiger partial charge on any atom is -0.507 e. The molecule has 0 spiro atoms. The number of benzene rings is 1. The van der Waals surface area contributed by atoms with Crippen molar-refractivity contribution in [2.75, 3.05) is 13.2 Å². The van der Waals surface area contributed by atoms with Gasteiger partial charge in [0.2, 0.25) is 0 Å². The first kappa shape index (κ1) is 29.9. The fraction of sp³-hybridized carbons (Fsp3) is 0.533. The van der Waals surface area contributed by atoms with Gasteiger partial charge >= 0.3 is 5.97 Å². The zero-order valence-electron chi connectivity index (χ0n) is 23.5. The van der Waals surface area contributed by atoms with Crippen LogP contribution in [-0.2, 0) is 24.5 Å². The average Bonchev–Trinajstić information content (AvgIpc) is 3.17. The van der Waals surface area contributed by atoms with Crippen LogP contribution in [0.5, 0.6) is 17.2 Å². The van der Waals surface area contributed by atoms with Crippen LogP contribution >= 0.6 is 0 Å². The molecule has 1 aliphatic carbocycles. The van der Waals surface area contributed by atoms with Crippen molar-refractivity contribution in [2.24, 2.45) is 0 Å². The van der Waals surface area contributed by atoms with Crippen LogP contribution in [0.1, 0.15) is 101 Å². The van der Waals surface area contributed by atoms with Gasteiger partial charge in [-0.1, -0.05) is 51.9 Å². The van der Waals surface area contributed by atoms with E-state index in [0.717, 1.165) is 25.3 Å². The number of phenols is 2. The van der Waals surface area contributed by atoms with Crippen LogP contribution in [0.25, 0.3) is 0 Å². The number of fused-ring (bicyclic) bond motifs is 3. The molecule has 9 heteroatoms. The molecule has 0 amide bonds. The molecular formula is C30H39NO8. The van der Waals surface area contributed by atoms with E-state index in [9.17, 15) is 29.4 Å². The SMILES string of the molecule is CCCCCCCCCCOC(=O)CNC(C)=C1C(=O)C=C2Oc3c(C(C)=O)c(O)c(C)c(O)c3[C@@]2(C)C1=O. The fourth-order valence-electron chi connectivity index (χ4n) is 5.13. The number of hydrogen-bond acceptors (Lipinski definition) is 9. The number of aromatic hydroxyl groups is 2. The summed E-state index contributed by atoms with van der Waals surface area (Å²) in [7, 11) is 0. The predicted molar refractivity (Wildman–Crippen MR) is 145 cm³/mol. The number of ketones is 3. The van der Waals surface area contributed by atoms with Gasteiger partial charge in [-0.05, 0) is 34.1 Å². The Balaban J connectivity index is 1.69. The lowest BCUT2D eigenvalue weighted by Gasteiger charge is -2.29. The minimum atomic E-state index is -1.61. The molecule has 0 bridgehead atoms. The Morgan fingerprint density at radius 3 is 2.23 bits per heavy atom. The average molecular weight is 542 g/mol. The first-order valence-corrected chi connectivity index (χ1v) is 13.7. The summed E-state index contributed by atoms with van der Waals surface area (Å²) in [5.74, 6) is -3.34. The summed E-state index contributed by atoms with van der Waals surface area (Å²) in [6.07, 6.45) is 10.2. The number of carbonyl (C=O) groups excluding carboxylic acids is 4. The molecule has 0 unspecified atom stereocenters. The van der Waals surface area contributed by atoms with E-state index < -0.39 is 40.2 Å². The second-order valence-corrected chi connectivity index (χ2v) is 10.4. The van der Waals surface area contributed by atoms with Crippen LogP contribution in [0.15, 0.2) is 23.1 Å². The second-order valence-electron chi connectivity index (χ2n) is 10.4. The van der Waals surface area contributed by atoms with Gasteiger partial charge in [0.1, 0.15) is 40.5 Å². The molecule has 0 saturated heterocycles. The standard InChI is InChI=1S/C30H39NO8/c1-6-7-8-9-10-11-12-13-14-38-22(34)16-31-18(3)23-20(33)15-21-30(5,29(23)37)25-27(36)17(2)26(35)24(19(4)32)28(25)39-21/h15,31,35-36H,6-14,16H2,1-5H3/t30-/m0/s1. The van der Waals surface area contributed by atoms with E-state index in [4.69, 9.17) is 9.47 Å². The van der Waals surface area contributed by atoms with E-state index in [1.165, 1.54) is 59.8 Å². The number of nitrogens with one attached hydrogen (secondary N) is 1. The third-order valence-electron chi connectivity index (χ3n) is 7.52. The van der Waals surface area contributed by atoms with E-state index >= 15 is 0 Å². The van der Waals surface area contributed by atoms with Gasteiger partial charge in [0.15, 0.2) is 17.3 Å². The summed E-state index contributed by atoms with van der Waals surface area (Å²) < 4.78 is 11.0. The topological polar surface area (TPSA) is 139 Å². The van der Waals surface area contributed by atoms with E-state index in [0.29, 0.717) is 6.61 Å². The molecule has 1 aliphatic heterocycles. The molecule has 1 heterocycles. The summed E-state index contributed by atoms with van der Waals surface area (Å²) in [4.78, 5) is 51.2. The Morgan fingerprint density at radius 1 is 1.00 bits per heavy atom. The minimum absolute atomic E-state index is 0.0156. The van der Waals surface area contributed by atoms with Crippen LogP contribution in [0.3, 0.4) is 0 Å². The molecule has 212 valence electrons. The Labute approximate surface area is 229 Å². The maximum Gasteiger partial charge on any atom is 0.325 e. The van der Waals surface area contributed by atoms with Crippen molar-refractivity contribution >= 4 is 23.3 Å². The predicted octanol–water partition coefficient (Wildman–Crippen LogP) is 4.84. The van der Waals surface area contributed by atoms with Crippen molar-refractivity contribution in [3.8, 4) is 17.2 Å². The van der Waals surface area contributed by atoms with Gasteiger partial charge in [-0.15, -0.1) is 0 Å². The van der Waals surface area contributed by atoms with Crippen LogP contribution in [0, 0.1) is 6.92 Å². The highest BCUT2D eigenvalue weighted by Crippen LogP contribution is 2.57. The van der Waals surface area contributed by atoms with Gasteiger partial charge < -0.3 is 25.0 Å². The maximum absolute atomic E-state index is 13.8. The third kappa shape index (κ3) is 5.87. The molecule has 9 nitrogen and oxygen atoms in total. The fourth-order valence-corrected chi connectivity index (χ4v) is 5.13. The lowest BCUT2D eigenvalue weighted by Crippen LogP contribution is -2.41. The summed E-state index contributed by atoms with van der Waals surface area (Å²) in [6.45, 7) is 7.93. The number of hydrogen-bond donors (Lipinski definition) is 3. The number of Topliss-reactive ketones (excluding diaryl/α,β-unsaturated/α-hetero) is 2. The monoisotopic (exact) mass is 541 g/mol. The van der Waals surface area contributed by atoms with Crippen molar-refractivity contribution < 1.29 is 38.9 Å². The van der Waals surface area contributed by atoms with Gasteiger partial charge in [0, 0.05) is 17.3 Å². The molecular weight excluding hydrogens is 502 g/mol. The van der Waals surface area contributed by atoms with Crippen molar-refractivity contribution in [1.29, 1.82) is 0 Å². The van der Waals surface area contributed by atoms with E-state index in [2.05, 4.69) is 12.2 Å². The highest BCUT2D eigenvalue weighted by molar-refractivity contribution is 6.31. The largest absolute Gasteiger partial charge is 0.507 e. The highest BCUT2D eigenvalue weighted by Gasteiger charge is 2.56. The van der Waals surface area contributed by atoms with Crippen LogP contribution in [-0.4, -0.2) is 46.7 Å². The highest BCUT2D eigenvalue weighted by atomic mass is 16.5. The molecule has 3 rings (SSSR count). The number of ether oxygens (including phenoxy) is 2. The summed E-state index contributed by atoms with van der Waals surface area (Å²) in [5.41, 5.74) is -1.75. The normalized spacial score (nSPS) is 19.2. The van der Waals surface area contributed by atoms with Gasteiger partial charge in [-0.3, -0.25) is 19.2 Å². The molecule has 3 N–H and O–H groups in total. The number of carbonyl (C=O) groups is 4. The Morgan fingerprint density at radius 2 is 1.62 bits per heavy atom. The van der Waals surface area contributed by atoms with E-state index in [1.54, 1.807) is 0 Å². The molecule has 0 saturated carbocycles. The van der Waals surface area contributed by atoms with Crippen LogP contribution < -0.4 is 10.1 Å². The number of unbranched alkanes of at least 4 members (excludes halogenated alkanes) is 7. The Bertz CT molecular complexity index is 1240. The Hall–Kier alpha value is -3.62. The second kappa shape index (κ2) is 12.5. The van der Waals surface area contributed by atoms with Gasteiger partial charge in [-0.2, -0.15) is 0 Å². The number of rotatable bonds is 13. The zero-order valence-corrected chi connectivity index (χ0v) is 23.5. The van der Waals surface area contributed by atoms with E-state index in [1.807, 2.05) is 0 Å². The molecule has 1 aromatic carbocycles. The number of allylic oxidation sites excluding steroid dienone is 4. The van der Waals surface area contributed by atoms with Crippen LogP contribution in [0.2, 0.25) is 0 Å². The smallest absolute Gasteiger partial charge is 0.325 e. The summed E-state index contributed by atoms with van der Waals surface area (Å²) in [5, 5.41) is 24.1. The zero-order chi connectivity index (χ0) is 28.9. The van der Waals surface area contributed by atoms with E-state index in [-0.39, 0.29) is 46.0 Å². The lowest BCUT2D eigenvalue weighted by molar-refractivity contribution is -0.142. The van der Waals surface area contributed by atoms with Crippen molar-refractivity contribution in [2.45, 2.75) is 91.4 Å². The van der Waals surface area contributed by atoms with Crippen LogP contribution in [0.4, 0.5) is 0 Å². The third-order valence-corrected chi connectivity index (χ3v) is 7.52. The van der Waals surface area contributed by atoms with Gasteiger partial charge in [-0.25, -0.2) is 0 Å². The Kier molecular flexibility index (Phi) is 9.59. The maximum atomic E-state index is 13.8. The van der Waals surface area contributed by atoms with Gasteiger partial charge in [0.05, 0.1) is 17.7 Å². The molecule has 39 heavy (non-hydrogen) atoms. The number of phenolic OH excluding ortho intramolecular Hbond substituents is 2. The van der Waals surface area contributed by atoms with Crippen molar-refractivity contribution in [3.05, 3.63) is 39.8 Å². The molecule has 0 fully saturated rings. The molecule has 0 aromatic heterocycles. The summed E-state index contributed by atoms with van der Waals surface area (Å²) in [6, 6.07) is 0. The molecule has 0 radical (unpaired) electrons. The quantitative estimate of drug-likeness (QED) is 0.105. The first-order chi connectivity index (χ1) is 18.5. The first-order valence-electron chi connectivity index (χ1n) is 13.7.